The number of nitrogens with zero attached hydrogens (tertiary/aromatic N) is 2. The number of unbranched alkanes of at least 4 members (excludes halogenated alkanes) is 2. The molecule has 1 aromatic carbocycles. The van der Waals surface area contributed by atoms with Crippen LogP contribution in [0.3, 0.4) is 0 Å². The zero-order chi connectivity index (χ0) is 14.6. The number of rotatable bonds is 5. The predicted molar refractivity (Wildman–Crippen MR) is 71.8 cm³/mol. The first-order valence-electron chi connectivity index (χ1n) is 6.73. The van der Waals surface area contributed by atoms with Gasteiger partial charge in [0.2, 0.25) is 0 Å². The Morgan fingerprint density at radius 3 is 2.60 bits per heavy atom. The number of halogens is 3. The van der Waals surface area contributed by atoms with Gasteiger partial charge in [-0.05, 0) is 18.6 Å². The fourth-order valence-electron chi connectivity index (χ4n) is 2.20. The van der Waals surface area contributed by atoms with Crippen LogP contribution < -0.4 is 0 Å². The van der Waals surface area contributed by atoms with E-state index in [1.54, 1.807) is 23.0 Å². The molecule has 0 fully saturated rings. The zero-order valence-electron chi connectivity index (χ0n) is 11.3. The molecule has 0 N–H and O–H groups in total. The van der Waals surface area contributed by atoms with Crippen molar-refractivity contribution in [1.82, 2.24) is 9.55 Å². The van der Waals surface area contributed by atoms with Gasteiger partial charge in [-0.15, -0.1) is 0 Å². The molecule has 0 saturated heterocycles. The highest BCUT2D eigenvalue weighted by molar-refractivity contribution is 5.43. The van der Waals surface area contributed by atoms with Crippen LogP contribution >= 0.6 is 0 Å². The molecule has 2 rings (SSSR count). The van der Waals surface area contributed by atoms with Crippen LogP contribution in [-0.4, -0.2) is 9.55 Å². The maximum atomic E-state index is 13.0. The molecule has 0 aliphatic rings. The van der Waals surface area contributed by atoms with Crippen molar-refractivity contribution in [3.63, 3.8) is 0 Å². The van der Waals surface area contributed by atoms with E-state index in [0.29, 0.717) is 12.2 Å². The third kappa shape index (κ3) is 3.21. The molecule has 2 aromatic rings. The van der Waals surface area contributed by atoms with Crippen molar-refractivity contribution < 1.29 is 13.2 Å². The maximum Gasteiger partial charge on any atom is 0.418 e. The first-order chi connectivity index (χ1) is 9.54. The molecule has 0 aliphatic heterocycles. The highest BCUT2D eigenvalue weighted by Crippen LogP contribution is 2.34. The summed E-state index contributed by atoms with van der Waals surface area (Å²) in [6.45, 7) is 2.09. The standard InChI is InChI=1S/C15H17F3N2/c1-2-3-4-9-14-19-10-11-20(14)13-8-6-5-7-12(13)15(16,17)18/h5-8,10-11H,2-4,9H2,1H3. The summed E-state index contributed by atoms with van der Waals surface area (Å²) in [5.41, 5.74) is -0.487. The molecule has 0 atom stereocenters. The summed E-state index contributed by atoms with van der Waals surface area (Å²) in [7, 11) is 0. The Morgan fingerprint density at radius 1 is 1.15 bits per heavy atom. The summed E-state index contributed by atoms with van der Waals surface area (Å²) in [4.78, 5) is 4.18. The SMILES string of the molecule is CCCCCc1nccn1-c1ccccc1C(F)(F)F. The average Bonchev–Trinajstić information content (AvgIpc) is 2.86. The van der Waals surface area contributed by atoms with Gasteiger partial charge >= 0.3 is 6.18 Å². The molecule has 1 heterocycles. The minimum absolute atomic E-state index is 0.143. The van der Waals surface area contributed by atoms with Gasteiger partial charge in [-0.3, -0.25) is 0 Å². The minimum Gasteiger partial charge on any atom is -0.303 e. The third-order valence-electron chi connectivity index (χ3n) is 3.19. The third-order valence-corrected chi connectivity index (χ3v) is 3.19. The zero-order valence-corrected chi connectivity index (χ0v) is 11.3. The Morgan fingerprint density at radius 2 is 1.90 bits per heavy atom. The number of aromatic nitrogens is 2. The molecule has 0 saturated carbocycles. The monoisotopic (exact) mass is 282 g/mol. The van der Waals surface area contributed by atoms with E-state index in [1.165, 1.54) is 12.1 Å². The Balaban J connectivity index is 2.35. The van der Waals surface area contributed by atoms with Gasteiger partial charge in [0, 0.05) is 18.8 Å². The summed E-state index contributed by atoms with van der Waals surface area (Å²) in [6.07, 6.45) is 2.52. The summed E-state index contributed by atoms with van der Waals surface area (Å²) in [6, 6.07) is 5.60. The van der Waals surface area contributed by atoms with Gasteiger partial charge < -0.3 is 4.57 Å². The summed E-state index contributed by atoms with van der Waals surface area (Å²) < 4.78 is 40.7. The van der Waals surface area contributed by atoms with Crippen LogP contribution in [0.2, 0.25) is 0 Å². The van der Waals surface area contributed by atoms with Gasteiger partial charge in [0.15, 0.2) is 0 Å². The highest BCUT2D eigenvalue weighted by atomic mass is 19.4. The van der Waals surface area contributed by atoms with Crippen LogP contribution in [0.15, 0.2) is 36.7 Å². The predicted octanol–water partition coefficient (Wildman–Crippen LogP) is 4.62. The van der Waals surface area contributed by atoms with E-state index in [4.69, 9.17) is 0 Å². The van der Waals surface area contributed by atoms with Crippen molar-refractivity contribution in [3.05, 3.63) is 48.0 Å². The number of aryl methyl sites for hydroxylation is 1. The average molecular weight is 282 g/mol. The van der Waals surface area contributed by atoms with E-state index in [9.17, 15) is 13.2 Å². The quantitative estimate of drug-likeness (QED) is 0.731. The van der Waals surface area contributed by atoms with Crippen molar-refractivity contribution in [3.8, 4) is 5.69 Å². The molecule has 0 radical (unpaired) electrons. The van der Waals surface area contributed by atoms with E-state index in [0.717, 1.165) is 25.3 Å². The number of hydrogen-bond donors (Lipinski definition) is 0. The van der Waals surface area contributed by atoms with Crippen LogP contribution in [-0.2, 0) is 12.6 Å². The lowest BCUT2D eigenvalue weighted by atomic mass is 10.1. The first kappa shape index (κ1) is 14.6. The van der Waals surface area contributed by atoms with Gasteiger partial charge in [0.1, 0.15) is 5.82 Å². The van der Waals surface area contributed by atoms with Crippen molar-refractivity contribution >= 4 is 0 Å². The largest absolute Gasteiger partial charge is 0.418 e. The Labute approximate surface area is 116 Å². The molecule has 108 valence electrons. The molecular formula is C15H17F3N2. The number of imidazole rings is 1. The second kappa shape index (κ2) is 6.11. The summed E-state index contributed by atoms with van der Waals surface area (Å²) in [5, 5.41) is 0. The van der Waals surface area contributed by atoms with Crippen molar-refractivity contribution in [1.29, 1.82) is 0 Å². The Hall–Kier alpha value is -1.78. The van der Waals surface area contributed by atoms with Gasteiger partial charge in [0.25, 0.3) is 0 Å². The molecule has 5 heteroatoms. The number of benzene rings is 1. The molecule has 0 bridgehead atoms. The van der Waals surface area contributed by atoms with Crippen LogP contribution in [0.4, 0.5) is 13.2 Å². The highest BCUT2D eigenvalue weighted by Gasteiger charge is 2.33. The van der Waals surface area contributed by atoms with E-state index >= 15 is 0 Å². The molecule has 2 nitrogen and oxygen atoms in total. The Kier molecular flexibility index (Phi) is 4.47. The lowest BCUT2D eigenvalue weighted by molar-refractivity contribution is -0.137. The minimum atomic E-state index is -4.36. The smallest absolute Gasteiger partial charge is 0.303 e. The fourth-order valence-corrected chi connectivity index (χ4v) is 2.20. The van der Waals surface area contributed by atoms with Crippen molar-refractivity contribution in [2.75, 3.05) is 0 Å². The van der Waals surface area contributed by atoms with Crippen LogP contribution in [0.1, 0.15) is 37.6 Å². The van der Waals surface area contributed by atoms with Crippen LogP contribution in [0.5, 0.6) is 0 Å². The summed E-state index contributed by atoms with van der Waals surface area (Å²) >= 11 is 0. The molecule has 0 amide bonds. The molecule has 0 unspecified atom stereocenters. The molecule has 1 aromatic heterocycles. The second-order valence-corrected chi connectivity index (χ2v) is 4.69. The van der Waals surface area contributed by atoms with Crippen LogP contribution in [0.25, 0.3) is 5.69 Å². The molecular weight excluding hydrogens is 265 g/mol. The van der Waals surface area contributed by atoms with Gasteiger partial charge in [-0.1, -0.05) is 31.9 Å². The molecule has 0 aliphatic carbocycles. The molecule has 0 spiro atoms. The lowest BCUT2D eigenvalue weighted by Gasteiger charge is -2.15. The van der Waals surface area contributed by atoms with Crippen LogP contribution in [0, 0.1) is 0 Å². The summed E-state index contributed by atoms with van der Waals surface area (Å²) in [5.74, 6) is 0.676. The number of para-hydroxylation sites is 1. The fraction of sp³-hybridized carbons (Fsp3) is 0.400. The number of alkyl halides is 3. The van der Waals surface area contributed by atoms with E-state index in [2.05, 4.69) is 11.9 Å². The van der Waals surface area contributed by atoms with E-state index < -0.39 is 11.7 Å². The van der Waals surface area contributed by atoms with E-state index in [1.807, 2.05) is 0 Å². The number of hydrogen-bond acceptors (Lipinski definition) is 1. The van der Waals surface area contributed by atoms with Gasteiger partial charge in [0.05, 0.1) is 11.3 Å². The second-order valence-electron chi connectivity index (χ2n) is 4.69. The van der Waals surface area contributed by atoms with E-state index in [-0.39, 0.29) is 5.69 Å². The maximum absolute atomic E-state index is 13.0. The lowest BCUT2D eigenvalue weighted by Crippen LogP contribution is -2.12. The molecule has 20 heavy (non-hydrogen) atoms. The first-order valence-corrected chi connectivity index (χ1v) is 6.73. The Bertz CT molecular complexity index is 558. The van der Waals surface area contributed by atoms with Gasteiger partial charge in [-0.25, -0.2) is 4.98 Å². The van der Waals surface area contributed by atoms with Gasteiger partial charge in [-0.2, -0.15) is 13.2 Å². The topological polar surface area (TPSA) is 17.8 Å². The van der Waals surface area contributed by atoms with Crippen molar-refractivity contribution in [2.24, 2.45) is 0 Å². The normalized spacial score (nSPS) is 11.8. The van der Waals surface area contributed by atoms with Crippen molar-refractivity contribution in [2.45, 2.75) is 38.8 Å².